The molecule has 0 bridgehead atoms. The number of carboxylic acid groups (broad SMARTS) is 1. The standard InChI is InChI=1S/C10H15FO3Si/c1-15(2,3)14-7-5-4-6-8(7)10(6,11)9(12)13/h5-6,8H,4H2,1-3H3,(H,12,13). The molecule has 0 aliphatic heterocycles. The second-order valence-corrected chi connectivity index (χ2v) is 9.64. The Bertz CT molecular complexity index is 347. The van der Waals surface area contributed by atoms with Crippen molar-refractivity contribution in [2.75, 3.05) is 0 Å². The SMILES string of the molecule is C[Si](C)(C)OC1=CCC2C1C2(F)C(=O)O. The van der Waals surface area contributed by atoms with Gasteiger partial charge < -0.3 is 9.53 Å². The fourth-order valence-corrected chi connectivity index (χ4v) is 3.18. The summed E-state index contributed by atoms with van der Waals surface area (Å²) in [5.41, 5.74) is -2.05. The Morgan fingerprint density at radius 2 is 2.27 bits per heavy atom. The monoisotopic (exact) mass is 230 g/mol. The number of fused-ring (bicyclic) bond motifs is 1. The number of carboxylic acids is 1. The van der Waals surface area contributed by atoms with E-state index < -0.39 is 25.9 Å². The summed E-state index contributed by atoms with van der Waals surface area (Å²) in [7, 11) is -1.76. The van der Waals surface area contributed by atoms with Crippen molar-refractivity contribution in [2.24, 2.45) is 11.8 Å². The average molecular weight is 230 g/mol. The van der Waals surface area contributed by atoms with E-state index in [4.69, 9.17) is 9.53 Å². The first-order chi connectivity index (χ1) is 6.77. The number of hydrogen-bond donors (Lipinski definition) is 1. The van der Waals surface area contributed by atoms with Crippen LogP contribution < -0.4 is 0 Å². The number of halogens is 1. The van der Waals surface area contributed by atoms with Crippen molar-refractivity contribution in [2.45, 2.75) is 31.7 Å². The molecule has 0 spiro atoms. The van der Waals surface area contributed by atoms with E-state index in [2.05, 4.69) is 0 Å². The largest absolute Gasteiger partial charge is 0.547 e. The van der Waals surface area contributed by atoms with Gasteiger partial charge in [0.1, 0.15) is 0 Å². The van der Waals surface area contributed by atoms with E-state index in [0.717, 1.165) is 0 Å². The van der Waals surface area contributed by atoms with Crippen LogP contribution in [0, 0.1) is 11.8 Å². The van der Waals surface area contributed by atoms with Gasteiger partial charge in [-0.1, -0.05) is 0 Å². The second kappa shape index (κ2) is 2.84. The fraction of sp³-hybridized carbons (Fsp3) is 0.700. The Hall–Kier alpha value is -0.843. The van der Waals surface area contributed by atoms with Gasteiger partial charge in [0.2, 0.25) is 14.0 Å². The summed E-state index contributed by atoms with van der Waals surface area (Å²) in [4.78, 5) is 10.8. The number of allylic oxidation sites excluding steroid dienone is 2. The highest BCUT2D eigenvalue weighted by atomic mass is 28.4. The number of carbonyl (C=O) groups is 1. The Kier molecular flexibility index (Phi) is 2.02. The van der Waals surface area contributed by atoms with E-state index in [1.807, 2.05) is 25.7 Å². The zero-order chi connectivity index (χ0) is 11.4. The number of rotatable bonds is 3. The molecule has 15 heavy (non-hydrogen) atoms. The highest BCUT2D eigenvalue weighted by Gasteiger charge is 2.75. The third-order valence-corrected chi connectivity index (χ3v) is 3.76. The Labute approximate surface area is 89.1 Å². The average Bonchev–Trinajstić information content (AvgIpc) is 2.45. The lowest BCUT2D eigenvalue weighted by Crippen LogP contribution is -2.28. The molecule has 1 saturated carbocycles. The van der Waals surface area contributed by atoms with Crippen LogP contribution in [-0.4, -0.2) is 25.1 Å². The summed E-state index contributed by atoms with van der Waals surface area (Å²) in [6.07, 6.45) is 2.33. The van der Waals surface area contributed by atoms with Gasteiger partial charge in [-0.2, -0.15) is 0 Å². The van der Waals surface area contributed by atoms with Crippen molar-refractivity contribution in [3.8, 4) is 0 Å². The van der Waals surface area contributed by atoms with Crippen LogP contribution in [0.2, 0.25) is 19.6 Å². The molecule has 2 aliphatic rings. The van der Waals surface area contributed by atoms with Crippen molar-refractivity contribution in [1.29, 1.82) is 0 Å². The van der Waals surface area contributed by atoms with Crippen LogP contribution in [0.4, 0.5) is 4.39 Å². The molecule has 0 aromatic rings. The highest BCUT2D eigenvalue weighted by Crippen LogP contribution is 2.63. The third-order valence-electron chi connectivity index (χ3n) is 2.92. The maximum Gasteiger partial charge on any atom is 0.342 e. The van der Waals surface area contributed by atoms with E-state index >= 15 is 0 Å². The minimum Gasteiger partial charge on any atom is -0.547 e. The normalized spacial score (nSPS) is 38.3. The minimum atomic E-state index is -2.05. The summed E-state index contributed by atoms with van der Waals surface area (Å²) in [5.74, 6) is -1.69. The van der Waals surface area contributed by atoms with Crippen LogP contribution in [0.5, 0.6) is 0 Å². The molecule has 0 aromatic carbocycles. The second-order valence-electron chi connectivity index (χ2n) is 5.21. The molecule has 0 radical (unpaired) electrons. The van der Waals surface area contributed by atoms with Crippen LogP contribution in [0.3, 0.4) is 0 Å². The van der Waals surface area contributed by atoms with Crippen molar-refractivity contribution < 1.29 is 18.7 Å². The van der Waals surface area contributed by atoms with Gasteiger partial charge in [0.15, 0.2) is 0 Å². The molecule has 0 heterocycles. The molecular formula is C10H15FO3Si. The molecule has 1 fully saturated rings. The van der Waals surface area contributed by atoms with Crippen LogP contribution >= 0.6 is 0 Å². The Morgan fingerprint density at radius 1 is 1.67 bits per heavy atom. The molecule has 5 heteroatoms. The lowest BCUT2D eigenvalue weighted by Gasteiger charge is -2.21. The van der Waals surface area contributed by atoms with E-state index in [1.165, 1.54) is 0 Å². The molecule has 3 unspecified atom stereocenters. The van der Waals surface area contributed by atoms with E-state index in [-0.39, 0.29) is 5.92 Å². The molecule has 2 aliphatic carbocycles. The smallest absolute Gasteiger partial charge is 0.342 e. The van der Waals surface area contributed by atoms with E-state index in [0.29, 0.717) is 12.2 Å². The van der Waals surface area contributed by atoms with Gasteiger partial charge >= 0.3 is 5.97 Å². The van der Waals surface area contributed by atoms with Gasteiger partial charge in [-0.05, 0) is 32.1 Å². The molecule has 2 rings (SSSR count). The lowest BCUT2D eigenvalue weighted by molar-refractivity contribution is -0.146. The molecule has 0 amide bonds. The molecule has 3 nitrogen and oxygen atoms in total. The minimum absolute atomic E-state index is 0.388. The zero-order valence-electron chi connectivity index (χ0n) is 9.08. The van der Waals surface area contributed by atoms with Crippen molar-refractivity contribution in [1.82, 2.24) is 0 Å². The maximum atomic E-state index is 13.9. The summed E-state index contributed by atoms with van der Waals surface area (Å²) >= 11 is 0. The number of aliphatic carboxylic acids is 1. The Balaban J connectivity index is 2.11. The van der Waals surface area contributed by atoms with Crippen LogP contribution in [0.25, 0.3) is 0 Å². The highest BCUT2D eigenvalue weighted by molar-refractivity contribution is 6.70. The van der Waals surface area contributed by atoms with Gasteiger partial charge in [0, 0.05) is 5.92 Å². The Morgan fingerprint density at radius 3 is 2.67 bits per heavy atom. The van der Waals surface area contributed by atoms with Gasteiger partial charge in [0.05, 0.1) is 11.7 Å². The van der Waals surface area contributed by atoms with Crippen molar-refractivity contribution >= 4 is 14.3 Å². The summed E-state index contributed by atoms with van der Waals surface area (Å²) < 4.78 is 19.5. The first-order valence-electron chi connectivity index (χ1n) is 5.08. The van der Waals surface area contributed by atoms with Gasteiger partial charge in [-0.15, -0.1) is 0 Å². The van der Waals surface area contributed by atoms with Gasteiger partial charge in [0.25, 0.3) is 0 Å². The predicted octanol–water partition coefficient (Wildman–Crippen LogP) is 2.16. The molecule has 0 aromatic heterocycles. The zero-order valence-corrected chi connectivity index (χ0v) is 10.1. The van der Waals surface area contributed by atoms with Crippen LogP contribution in [0.1, 0.15) is 6.42 Å². The molecule has 0 saturated heterocycles. The lowest BCUT2D eigenvalue weighted by atomic mass is 10.2. The predicted molar refractivity (Wildman–Crippen MR) is 55.6 cm³/mol. The van der Waals surface area contributed by atoms with E-state index in [1.54, 1.807) is 0 Å². The first kappa shape index (κ1) is 10.7. The third kappa shape index (κ3) is 1.49. The maximum absolute atomic E-state index is 13.9. The first-order valence-corrected chi connectivity index (χ1v) is 8.49. The summed E-state index contributed by atoms with van der Waals surface area (Å²) in [5, 5.41) is 8.79. The molecule has 84 valence electrons. The topological polar surface area (TPSA) is 46.5 Å². The molecule has 1 N–H and O–H groups in total. The summed E-state index contributed by atoms with van der Waals surface area (Å²) in [6, 6.07) is 0. The fourth-order valence-electron chi connectivity index (χ4n) is 2.26. The van der Waals surface area contributed by atoms with Crippen molar-refractivity contribution in [3.63, 3.8) is 0 Å². The van der Waals surface area contributed by atoms with Crippen LogP contribution in [0.15, 0.2) is 11.8 Å². The number of hydrogen-bond acceptors (Lipinski definition) is 2. The van der Waals surface area contributed by atoms with E-state index in [9.17, 15) is 9.18 Å². The van der Waals surface area contributed by atoms with Crippen molar-refractivity contribution in [3.05, 3.63) is 11.8 Å². The van der Waals surface area contributed by atoms with Gasteiger partial charge in [-0.25, -0.2) is 9.18 Å². The molecular weight excluding hydrogens is 215 g/mol. The van der Waals surface area contributed by atoms with Crippen LogP contribution in [-0.2, 0) is 9.22 Å². The molecule has 3 atom stereocenters. The van der Waals surface area contributed by atoms with Gasteiger partial charge in [-0.3, -0.25) is 0 Å². The quantitative estimate of drug-likeness (QED) is 0.756. The summed E-state index contributed by atoms with van der Waals surface area (Å²) in [6.45, 7) is 6.01. The number of alkyl halides is 1.